The first-order valence-corrected chi connectivity index (χ1v) is 12.8. The van der Waals surface area contributed by atoms with E-state index in [4.69, 9.17) is 0 Å². The van der Waals surface area contributed by atoms with E-state index in [0.717, 1.165) is 0 Å². The predicted octanol–water partition coefficient (Wildman–Crippen LogP) is 9.76. The predicted molar refractivity (Wildman–Crippen MR) is 130 cm³/mol. The third kappa shape index (κ3) is 3.07. The van der Waals surface area contributed by atoms with Crippen molar-refractivity contribution in [1.29, 1.82) is 0 Å². The number of fused-ring (bicyclic) bond motifs is 6. The molecule has 0 aliphatic heterocycles. The number of thiophene rings is 4. The zero-order valence-corrected chi connectivity index (χ0v) is 19.6. The quantitative estimate of drug-likeness (QED) is 0.181. The van der Waals surface area contributed by atoms with Crippen molar-refractivity contribution in [3.05, 3.63) is 66.9 Å². The molecule has 0 aliphatic carbocycles. The van der Waals surface area contributed by atoms with Crippen LogP contribution in [0.4, 0.5) is 0 Å². The van der Waals surface area contributed by atoms with Crippen LogP contribution in [0.3, 0.4) is 0 Å². The zero-order valence-electron chi connectivity index (χ0n) is 13.2. The highest BCUT2D eigenvalue weighted by molar-refractivity contribution is 9.11. The minimum Gasteiger partial charge on any atom is -0.144 e. The summed E-state index contributed by atoms with van der Waals surface area (Å²) in [4.78, 5) is 0. The molecule has 6 rings (SSSR count). The summed E-state index contributed by atoms with van der Waals surface area (Å²) in [6.45, 7) is 0. The summed E-state index contributed by atoms with van der Waals surface area (Å²) in [6, 6.07) is 17.5. The Bertz CT molecular complexity index is 1260. The average molecular weight is 538 g/mol. The van der Waals surface area contributed by atoms with E-state index < -0.39 is 0 Å². The van der Waals surface area contributed by atoms with Crippen LogP contribution < -0.4 is 0 Å². The largest absolute Gasteiger partial charge is 0.144 e. The van der Waals surface area contributed by atoms with Gasteiger partial charge in [-0.2, -0.15) is 0 Å². The van der Waals surface area contributed by atoms with Crippen molar-refractivity contribution in [3.63, 3.8) is 0 Å². The van der Waals surface area contributed by atoms with Gasteiger partial charge in [-0.25, -0.2) is 0 Å². The van der Waals surface area contributed by atoms with Gasteiger partial charge in [0.05, 0.1) is 7.57 Å². The molecule has 6 heteroatoms. The fraction of sp³-hybridized carbons (Fsp3) is 0. The van der Waals surface area contributed by atoms with Crippen LogP contribution in [-0.4, -0.2) is 0 Å². The van der Waals surface area contributed by atoms with E-state index >= 15 is 0 Å². The Morgan fingerprint density at radius 2 is 1.35 bits per heavy atom. The van der Waals surface area contributed by atoms with Crippen LogP contribution in [0, 0.1) is 0 Å². The molecule has 0 bridgehead atoms. The SMILES string of the molecule is Brc1cc2c(ccc3cc(Br)sc32)s1.c1cc2c(ccc3ccsc32)s1. The molecular formula is C20H10Br2S4. The highest BCUT2D eigenvalue weighted by atomic mass is 79.9. The molecule has 0 fully saturated rings. The summed E-state index contributed by atoms with van der Waals surface area (Å²) in [6.07, 6.45) is 0. The van der Waals surface area contributed by atoms with E-state index in [0.29, 0.717) is 0 Å². The maximum absolute atomic E-state index is 3.53. The smallest absolute Gasteiger partial charge is 0.0711 e. The van der Waals surface area contributed by atoms with Crippen LogP contribution in [-0.2, 0) is 0 Å². The lowest BCUT2D eigenvalue weighted by molar-refractivity contribution is 1.97. The molecule has 2 aromatic carbocycles. The highest BCUT2D eigenvalue weighted by Gasteiger charge is 2.07. The molecule has 4 heterocycles. The lowest BCUT2D eigenvalue weighted by Gasteiger charge is -1.90. The van der Waals surface area contributed by atoms with Gasteiger partial charge in [0.25, 0.3) is 0 Å². The monoisotopic (exact) mass is 536 g/mol. The van der Waals surface area contributed by atoms with Gasteiger partial charge >= 0.3 is 0 Å². The van der Waals surface area contributed by atoms with Gasteiger partial charge in [-0.3, -0.25) is 0 Å². The molecule has 0 spiro atoms. The van der Waals surface area contributed by atoms with Gasteiger partial charge in [0.2, 0.25) is 0 Å². The van der Waals surface area contributed by atoms with Gasteiger partial charge in [-0.15, -0.1) is 45.3 Å². The van der Waals surface area contributed by atoms with E-state index in [1.54, 1.807) is 22.7 Å². The second kappa shape index (κ2) is 7.00. The van der Waals surface area contributed by atoms with E-state index in [9.17, 15) is 0 Å². The fourth-order valence-electron chi connectivity index (χ4n) is 3.02. The Labute approximate surface area is 183 Å². The first-order chi connectivity index (χ1) is 12.7. The summed E-state index contributed by atoms with van der Waals surface area (Å²) < 4.78 is 7.93. The summed E-state index contributed by atoms with van der Waals surface area (Å²) in [5.41, 5.74) is 0. The maximum Gasteiger partial charge on any atom is 0.0711 e. The molecule has 26 heavy (non-hydrogen) atoms. The van der Waals surface area contributed by atoms with Crippen LogP contribution in [0.2, 0.25) is 0 Å². The standard InChI is InChI=1S/C10H4Br2S2.C10H6S2/c11-8-3-5-1-2-7-6(10(5)14-8)4-9(12)13-7;1-2-9-8(4-6-11-9)10-7(1)3-5-12-10/h1-4H;1-6H. The van der Waals surface area contributed by atoms with Crippen molar-refractivity contribution in [2.75, 3.05) is 0 Å². The van der Waals surface area contributed by atoms with Gasteiger partial charge in [0.1, 0.15) is 0 Å². The fourth-order valence-corrected chi connectivity index (χ4v) is 8.06. The van der Waals surface area contributed by atoms with E-state index in [1.165, 1.54) is 47.9 Å². The Hall–Kier alpha value is -0.760. The molecular weight excluding hydrogens is 528 g/mol. The van der Waals surface area contributed by atoms with Gasteiger partial charge in [0, 0.05) is 29.6 Å². The Morgan fingerprint density at radius 3 is 2.27 bits per heavy atom. The molecule has 4 aromatic heterocycles. The summed E-state index contributed by atoms with van der Waals surface area (Å²) >= 11 is 14.3. The molecule has 0 amide bonds. The third-order valence-corrected chi connectivity index (χ3v) is 9.31. The maximum atomic E-state index is 3.53. The molecule has 0 radical (unpaired) electrons. The molecule has 6 aromatic rings. The molecule has 128 valence electrons. The third-order valence-electron chi connectivity index (χ3n) is 4.17. The van der Waals surface area contributed by atoms with Gasteiger partial charge < -0.3 is 0 Å². The lowest BCUT2D eigenvalue weighted by Crippen LogP contribution is -1.62. The number of benzene rings is 2. The van der Waals surface area contributed by atoms with Crippen molar-refractivity contribution in [1.82, 2.24) is 0 Å². The first-order valence-electron chi connectivity index (χ1n) is 7.79. The molecule has 0 unspecified atom stereocenters. The van der Waals surface area contributed by atoms with Crippen molar-refractivity contribution >= 4 is 118 Å². The number of hydrogen-bond acceptors (Lipinski definition) is 4. The first kappa shape index (κ1) is 17.3. The molecule has 0 aliphatic rings. The average Bonchev–Trinajstić information content (AvgIpc) is 3.38. The second-order valence-corrected chi connectivity index (χ2v) is 12.5. The topological polar surface area (TPSA) is 0 Å². The lowest BCUT2D eigenvalue weighted by atomic mass is 10.2. The van der Waals surface area contributed by atoms with Crippen LogP contribution in [0.25, 0.3) is 40.3 Å². The summed E-state index contributed by atoms with van der Waals surface area (Å²) in [5, 5.41) is 9.76. The second-order valence-electron chi connectivity index (χ2n) is 5.73. The molecule has 0 nitrogen and oxygen atoms in total. The van der Waals surface area contributed by atoms with Crippen LogP contribution in [0.5, 0.6) is 0 Å². The van der Waals surface area contributed by atoms with Crippen LogP contribution in [0.15, 0.2) is 66.9 Å². The van der Waals surface area contributed by atoms with Crippen molar-refractivity contribution in [3.8, 4) is 0 Å². The number of halogens is 2. The molecule has 0 N–H and O–H groups in total. The minimum atomic E-state index is 1.20. The van der Waals surface area contributed by atoms with E-state index in [-0.39, 0.29) is 0 Å². The Balaban J connectivity index is 0.000000117. The van der Waals surface area contributed by atoms with Gasteiger partial charge in [-0.05, 0) is 89.8 Å². The van der Waals surface area contributed by atoms with Crippen LogP contribution in [0.1, 0.15) is 0 Å². The minimum absolute atomic E-state index is 1.20. The summed E-state index contributed by atoms with van der Waals surface area (Å²) in [7, 11) is 0. The Morgan fingerprint density at radius 1 is 0.577 bits per heavy atom. The van der Waals surface area contributed by atoms with Crippen molar-refractivity contribution < 1.29 is 0 Å². The van der Waals surface area contributed by atoms with E-state index in [1.807, 2.05) is 22.7 Å². The number of hydrogen-bond donors (Lipinski definition) is 0. The number of rotatable bonds is 0. The van der Waals surface area contributed by atoms with Gasteiger partial charge in [-0.1, -0.05) is 12.1 Å². The highest BCUT2D eigenvalue weighted by Crippen LogP contribution is 2.39. The van der Waals surface area contributed by atoms with Crippen molar-refractivity contribution in [2.24, 2.45) is 0 Å². The molecule has 0 saturated heterocycles. The molecule has 0 atom stereocenters. The van der Waals surface area contributed by atoms with Gasteiger partial charge in [0.15, 0.2) is 0 Å². The normalized spacial score (nSPS) is 11.5. The molecule has 0 saturated carbocycles. The van der Waals surface area contributed by atoms with Crippen LogP contribution >= 0.6 is 77.2 Å². The summed E-state index contributed by atoms with van der Waals surface area (Å²) in [5.74, 6) is 0. The van der Waals surface area contributed by atoms with Crippen molar-refractivity contribution in [2.45, 2.75) is 0 Å². The Kier molecular flexibility index (Phi) is 4.67. The zero-order chi connectivity index (χ0) is 17.7. The van der Waals surface area contributed by atoms with E-state index in [2.05, 4.69) is 91.2 Å².